The zero-order valence-corrected chi connectivity index (χ0v) is 23.8. The van der Waals surface area contributed by atoms with Crippen LogP contribution in [0.5, 0.6) is 5.75 Å². The van der Waals surface area contributed by atoms with Gasteiger partial charge in [-0.2, -0.15) is 5.48 Å². The molecular formula is C33H42N4O3. The summed E-state index contributed by atoms with van der Waals surface area (Å²) in [6.07, 6.45) is 17.2. The Hall–Kier alpha value is -3.94. The number of anilines is 1. The van der Waals surface area contributed by atoms with E-state index in [9.17, 15) is 10.0 Å². The first-order valence-corrected chi connectivity index (χ1v) is 14.1. The number of pyridine rings is 1. The van der Waals surface area contributed by atoms with Gasteiger partial charge in [-0.25, -0.2) is 4.98 Å². The number of rotatable bonds is 11. The molecule has 4 rings (SSSR count). The average molecular weight is 543 g/mol. The molecule has 2 aliphatic carbocycles. The molecule has 1 aromatic carbocycles. The number of nitrogens with zero attached hydrogens (tertiary/aromatic N) is 1. The normalized spacial score (nSPS) is 18.2. The van der Waals surface area contributed by atoms with Crippen LogP contribution in [0.2, 0.25) is 0 Å². The van der Waals surface area contributed by atoms with Crippen LogP contribution in [0.4, 0.5) is 5.82 Å². The van der Waals surface area contributed by atoms with Crippen molar-refractivity contribution >= 4 is 11.7 Å². The Morgan fingerprint density at radius 3 is 2.73 bits per heavy atom. The molecule has 212 valence electrons. The molecule has 2 atom stereocenters. The summed E-state index contributed by atoms with van der Waals surface area (Å²) in [6, 6.07) is 11.1. The van der Waals surface area contributed by atoms with E-state index >= 15 is 0 Å². The largest absolute Gasteiger partial charge is 0.492 e. The lowest BCUT2D eigenvalue weighted by atomic mass is 9.78. The quantitative estimate of drug-likeness (QED) is 0.141. The second kappa shape index (κ2) is 16.2. The van der Waals surface area contributed by atoms with Crippen LogP contribution in [-0.4, -0.2) is 29.3 Å². The molecule has 0 saturated carbocycles. The van der Waals surface area contributed by atoms with Crippen LogP contribution >= 0.6 is 0 Å². The summed E-state index contributed by atoms with van der Waals surface area (Å²) in [5.41, 5.74) is 6.85. The monoisotopic (exact) mass is 542 g/mol. The van der Waals surface area contributed by atoms with Gasteiger partial charge in [0.25, 0.3) is 5.91 Å². The Bertz CT molecular complexity index is 1250. The van der Waals surface area contributed by atoms with Gasteiger partial charge in [-0.3, -0.25) is 4.79 Å². The van der Waals surface area contributed by atoms with E-state index in [1.165, 1.54) is 5.57 Å². The number of carbonyl (C=O) groups excluding carboxylic acids is 1. The highest BCUT2D eigenvalue weighted by Crippen LogP contribution is 2.38. The van der Waals surface area contributed by atoms with Gasteiger partial charge in [-0.1, -0.05) is 74.6 Å². The number of hydrogen-bond donors (Lipinski definition) is 4. The number of benzene rings is 1. The van der Waals surface area contributed by atoms with Gasteiger partial charge >= 0.3 is 0 Å². The lowest BCUT2D eigenvalue weighted by molar-refractivity contribution is 0.0967. The Balaban J connectivity index is 0.00000216. The fraction of sp³-hybridized carbons (Fsp3) is 0.333. The summed E-state index contributed by atoms with van der Waals surface area (Å²) in [6.45, 7) is 10.5. The number of para-hydroxylation sites is 1. The molecule has 2 unspecified atom stereocenters. The number of hydroxylamine groups is 1. The van der Waals surface area contributed by atoms with Gasteiger partial charge < -0.3 is 20.6 Å². The maximum Gasteiger partial charge on any atom is 0.258 e. The molecule has 0 spiro atoms. The van der Waals surface area contributed by atoms with Gasteiger partial charge in [-0.05, 0) is 73.9 Å². The molecule has 1 aromatic heterocycles. The van der Waals surface area contributed by atoms with Crippen LogP contribution < -0.4 is 20.9 Å². The fourth-order valence-electron chi connectivity index (χ4n) is 4.71. The van der Waals surface area contributed by atoms with Crippen molar-refractivity contribution in [3.8, 4) is 5.75 Å². The zero-order chi connectivity index (χ0) is 28.7. The van der Waals surface area contributed by atoms with E-state index in [-0.39, 0.29) is 17.9 Å². The Morgan fingerprint density at radius 2 is 2.02 bits per heavy atom. The standard InChI is InChI=1S/C31H36N4O3.C2H6/c1-3-22(2)11-10-16-33-31(36)27-21-26-28(19-24(20-29(26)35-37)23-12-6-4-7-13-23)34-30(27)32-17-18-38-25-14-8-5-9-15-25;1-2/h3,5-6,8-16,21,24,29,35,37H,1,4,7,17-20H2,2H3,(H,32,34)(H,33,36);1-2H3/b16-10+,22-11-;. The Labute approximate surface area is 238 Å². The number of carbonyl (C=O) groups is 1. The lowest BCUT2D eigenvalue weighted by Crippen LogP contribution is -2.31. The molecular weight excluding hydrogens is 500 g/mol. The number of nitrogens with one attached hydrogen (secondary N) is 3. The van der Waals surface area contributed by atoms with Crippen LogP contribution in [0.25, 0.3) is 0 Å². The van der Waals surface area contributed by atoms with Crippen LogP contribution in [0.3, 0.4) is 0 Å². The Morgan fingerprint density at radius 1 is 1.23 bits per heavy atom. The first-order valence-electron chi connectivity index (χ1n) is 14.1. The third-order valence-electron chi connectivity index (χ3n) is 6.76. The molecule has 4 N–H and O–H groups in total. The van der Waals surface area contributed by atoms with Crippen molar-refractivity contribution in [2.75, 3.05) is 18.5 Å². The summed E-state index contributed by atoms with van der Waals surface area (Å²) in [4.78, 5) is 18.1. The highest BCUT2D eigenvalue weighted by atomic mass is 16.5. The minimum atomic E-state index is -0.316. The average Bonchev–Trinajstić information content (AvgIpc) is 3.02. The number of aromatic nitrogens is 1. The zero-order valence-electron chi connectivity index (χ0n) is 23.8. The maximum atomic E-state index is 13.2. The Kier molecular flexibility index (Phi) is 12.4. The first kappa shape index (κ1) is 30.6. The van der Waals surface area contributed by atoms with Crippen LogP contribution in [0, 0.1) is 5.92 Å². The predicted molar refractivity (Wildman–Crippen MR) is 163 cm³/mol. The first-order chi connectivity index (χ1) is 19.6. The number of fused-ring (bicyclic) bond motifs is 1. The van der Waals surface area contributed by atoms with Crippen LogP contribution in [0.15, 0.2) is 96.8 Å². The smallest absolute Gasteiger partial charge is 0.258 e. The molecule has 2 aromatic rings. The number of hydrogen-bond acceptors (Lipinski definition) is 6. The van der Waals surface area contributed by atoms with Crippen LogP contribution in [-0.2, 0) is 6.42 Å². The topological polar surface area (TPSA) is 95.5 Å². The molecule has 0 fully saturated rings. The minimum Gasteiger partial charge on any atom is -0.492 e. The van der Waals surface area contributed by atoms with Gasteiger partial charge in [0.05, 0.1) is 18.2 Å². The van der Waals surface area contributed by atoms with E-state index in [2.05, 4.69) is 40.9 Å². The van der Waals surface area contributed by atoms with Crippen molar-refractivity contribution in [1.29, 1.82) is 0 Å². The highest BCUT2D eigenvalue weighted by Gasteiger charge is 2.31. The summed E-state index contributed by atoms with van der Waals surface area (Å²) in [5, 5.41) is 16.1. The molecule has 0 saturated heterocycles. The fourth-order valence-corrected chi connectivity index (χ4v) is 4.71. The van der Waals surface area contributed by atoms with Crippen molar-refractivity contribution < 1.29 is 14.7 Å². The lowest BCUT2D eigenvalue weighted by Gasteiger charge is -2.32. The van der Waals surface area contributed by atoms with E-state index in [1.807, 2.05) is 63.2 Å². The molecule has 0 bridgehead atoms. The van der Waals surface area contributed by atoms with E-state index < -0.39 is 0 Å². The van der Waals surface area contributed by atoms with E-state index in [0.717, 1.165) is 48.3 Å². The summed E-state index contributed by atoms with van der Waals surface area (Å²) < 4.78 is 5.81. The van der Waals surface area contributed by atoms with Crippen molar-refractivity contribution in [1.82, 2.24) is 15.8 Å². The molecule has 7 nitrogen and oxygen atoms in total. The molecule has 1 heterocycles. The molecule has 1 amide bonds. The SMILES string of the molecule is C=C/C(C)=C\C=C\NC(=O)c1cc2c(nc1NCCOc1ccccc1)CC(C1=CCCC=C1)CC2NO.CC. The number of allylic oxidation sites excluding steroid dienone is 8. The maximum absolute atomic E-state index is 13.2. The van der Waals surface area contributed by atoms with Gasteiger partial charge in [-0.15, -0.1) is 0 Å². The van der Waals surface area contributed by atoms with Crippen LogP contribution in [0.1, 0.15) is 67.7 Å². The summed E-state index contributed by atoms with van der Waals surface area (Å²) in [7, 11) is 0. The molecule has 7 heteroatoms. The van der Waals surface area contributed by atoms with Crippen molar-refractivity contribution in [3.63, 3.8) is 0 Å². The summed E-state index contributed by atoms with van der Waals surface area (Å²) in [5.74, 6) is 1.24. The number of amides is 1. The predicted octanol–water partition coefficient (Wildman–Crippen LogP) is 6.83. The van der Waals surface area contributed by atoms with E-state index in [1.54, 1.807) is 18.4 Å². The van der Waals surface area contributed by atoms with Gasteiger partial charge in [0, 0.05) is 11.9 Å². The van der Waals surface area contributed by atoms with Gasteiger partial charge in [0.15, 0.2) is 0 Å². The van der Waals surface area contributed by atoms with E-state index in [4.69, 9.17) is 9.72 Å². The molecule has 0 aliphatic heterocycles. The highest BCUT2D eigenvalue weighted by molar-refractivity contribution is 5.99. The van der Waals surface area contributed by atoms with Gasteiger partial charge in [0.2, 0.25) is 0 Å². The molecule has 2 aliphatic rings. The molecule has 0 radical (unpaired) electrons. The second-order valence-electron chi connectivity index (χ2n) is 9.46. The van der Waals surface area contributed by atoms with E-state index in [0.29, 0.717) is 24.5 Å². The summed E-state index contributed by atoms with van der Waals surface area (Å²) >= 11 is 0. The number of ether oxygens (including phenoxy) is 1. The third-order valence-corrected chi connectivity index (χ3v) is 6.76. The molecule has 40 heavy (non-hydrogen) atoms. The third kappa shape index (κ3) is 8.53. The van der Waals surface area contributed by atoms with Crippen molar-refractivity contribution in [2.45, 2.75) is 52.5 Å². The van der Waals surface area contributed by atoms with Gasteiger partial charge in [0.1, 0.15) is 18.2 Å². The van der Waals surface area contributed by atoms with Crippen molar-refractivity contribution in [3.05, 3.63) is 114 Å². The van der Waals surface area contributed by atoms with Crippen molar-refractivity contribution in [2.24, 2.45) is 5.92 Å². The minimum absolute atomic E-state index is 0.243. The second-order valence-corrected chi connectivity index (χ2v) is 9.46.